The molecule has 0 saturated carbocycles. The summed E-state index contributed by atoms with van der Waals surface area (Å²) >= 11 is 0.819. The second-order valence-corrected chi connectivity index (χ2v) is 8.16. The molecule has 0 aliphatic carbocycles. The van der Waals surface area contributed by atoms with Crippen molar-refractivity contribution >= 4 is 33.3 Å². The maximum Gasteiger partial charge on any atom is 0.419 e. The van der Waals surface area contributed by atoms with Crippen molar-refractivity contribution in [2.45, 2.75) is 12.6 Å². The molecule has 0 saturated heterocycles. The van der Waals surface area contributed by atoms with E-state index in [9.17, 15) is 36.3 Å². The zero-order valence-electron chi connectivity index (χ0n) is 17.8. The summed E-state index contributed by atoms with van der Waals surface area (Å²) in [6.07, 6.45) is -4.29. The summed E-state index contributed by atoms with van der Waals surface area (Å²) in [5, 5.41) is 11.1. The van der Waals surface area contributed by atoms with Crippen molar-refractivity contribution in [3.63, 3.8) is 0 Å². The molecule has 1 amide bonds. The Morgan fingerprint density at radius 3 is 2.51 bits per heavy atom. The zero-order chi connectivity index (χ0) is 25.7. The van der Waals surface area contributed by atoms with E-state index in [4.69, 9.17) is 0 Å². The van der Waals surface area contributed by atoms with Gasteiger partial charge in [0.25, 0.3) is 5.56 Å². The van der Waals surface area contributed by atoms with E-state index in [-0.39, 0.29) is 27.4 Å². The highest BCUT2D eigenvalue weighted by molar-refractivity contribution is 7.14. The molecule has 0 aliphatic rings. The molecule has 182 valence electrons. The number of aryl methyl sites for hydroxylation is 1. The van der Waals surface area contributed by atoms with Gasteiger partial charge >= 0.3 is 11.9 Å². The first-order valence-electron chi connectivity index (χ1n) is 9.61. The lowest BCUT2D eigenvalue weighted by Gasteiger charge is -2.10. The highest BCUT2D eigenvalue weighted by Gasteiger charge is 2.36. The summed E-state index contributed by atoms with van der Waals surface area (Å²) in [7, 11) is 2.70. The monoisotopic (exact) mass is 512 g/mol. The number of thiazole rings is 1. The number of fused-ring (bicyclic) bond motifs is 1. The van der Waals surface area contributed by atoms with Crippen molar-refractivity contribution in [2.24, 2.45) is 14.1 Å². The molecular weight excluding hydrogens is 499 g/mol. The summed E-state index contributed by atoms with van der Waals surface area (Å²) < 4.78 is 68.5. The first kappa shape index (κ1) is 24.1. The molecule has 4 aromatic rings. The predicted octanol–water partition coefficient (Wildman–Crippen LogP) is 2.63. The molecule has 3 aromatic heterocycles. The van der Waals surface area contributed by atoms with Gasteiger partial charge in [-0.3, -0.25) is 18.7 Å². The van der Waals surface area contributed by atoms with Crippen LogP contribution in [-0.4, -0.2) is 30.2 Å². The summed E-state index contributed by atoms with van der Waals surface area (Å²) in [4.78, 5) is 41.1. The number of hydrogen-bond donors (Lipinski definition) is 1. The van der Waals surface area contributed by atoms with E-state index >= 15 is 0 Å². The molecule has 15 heteroatoms. The van der Waals surface area contributed by atoms with Gasteiger partial charge in [-0.25, -0.2) is 18.6 Å². The topological polar surface area (TPSA) is 112 Å². The average molecular weight is 512 g/mol. The molecule has 9 nitrogen and oxygen atoms in total. The van der Waals surface area contributed by atoms with Crippen LogP contribution in [0.3, 0.4) is 0 Å². The number of amides is 1. The van der Waals surface area contributed by atoms with E-state index < -0.39 is 52.5 Å². The van der Waals surface area contributed by atoms with E-state index in [1.165, 1.54) is 30.2 Å². The zero-order valence-corrected chi connectivity index (χ0v) is 18.6. The van der Waals surface area contributed by atoms with E-state index in [0.29, 0.717) is 6.07 Å². The molecule has 0 spiro atoms. The molecule has 0 aliphatic heterocycles. The largest absolute Gasteiger partial charge is 0.419 e. The molecular formula is C20H13F5N6O3S. The van der Waals surface area contributed by atoms with Gasteiger partial charge in [0.2, 0.25) is 5.91 Å². The number of carbonyl (C=O) groups is 1. The third kappa shape index (κ3) is 4.29. The highest BCUT2D eigenvalue weighted by atomic mass is 32.1. The molecule has 0 unspecified atom stereocenters. The van der Waals surface area contributed by atoms with E-state index in [2.05, 4.69) is 20.5 Å². The highest BCUT2D eigenvalue weighted by Crippen LogP contribution is 2.36. The lowest BCUT2D eigenvalue weighted by atomic mass is 10.1. The maximum absolute atomic E-state index is 14.2. The number of halogens is 5. The Morgan fingerprint density at radius 1 is 1.11 bits per heavy atom. The number of benzene rings is 1. The second-order valence-electron chi connectivity index (χ2n) is 7.31. The third-order valence-corrected chi connectivity index (χ3v) is 5.86. The van der Waals surface area contributed by atoms with Gasteiger partial charge in [0.15, 0.2) is 16.8 Å². The molecule has 0 atom stereocenters. The normalized spacial score (nSPS) is 11.7. The quantitative estimate of drug-likeness (QED) is 0.421. The Balaban J connectivity index is 1.60. The van der Waals surface area contributed by atoms with Crippen LogP contribution in [-0.2, 0) is 31.5 Å². The standard InChI is InChI=1S/C20H13F5N6O3S/c1-30-12-6-26-29-10(14(12)17(33)31(2)19(30)34)5-13(32)28-18-27-11(7-35-18)8-3-4-9(20(23,24)25)16(22)15(8)21/h3-4,6-7H,5H2,1-2H3,(H,27,28,32). The van der Waals surface area contributed by atoms with Gasteiger partial charge in [-0.05, 0) is 12.1 Å². The Hall–Kier alpha value is -4.01. The second kappa shape index (κ2) is 8.65. The van der Waals surface area contributed by atoms with E-state index in [1.54, 1.807) is 0 Å². The minimum absolute atomic E-state index is 0.0103. The summed E-state index contributed by atoms with van der Waals surface area (Å²) in [5.41, 5.74) is -3.55. The van der Waals surface area contributed by atoms with Crippen LogP contribution in [0.4, 0.5) is 27.1 Å². The molecule has 1 N–H and O–H groups in total. The lowest BCUT2D eigenvalue weighted by molar-refractivity contribution is -0.140. The average Bonchev–Trinajstić information content (AvgIpc) is 3.24. The van der Waals surface area contributed by atoms with Crippen molar-refractivity contribution in [1.82, 2.24) is 24.3 Å². The fourth-order valence-electron chi connectivity index (χ4n) is 3.35. The first-order valence-corrected chi connectivity index (χ1v) is 10.5. The number of nitrogens with one attached hydrogen (secondary N) is 1. The maximum atomic E-state index is 14.2. The van der Waals surface area contributed by atoms with Crippen molar-refractivity contribution in [3.05, 3.63) is 67.4 Å². The number of rotatable bonds is 4. The molecule has 1 aromatic carbocycles. The third-order valence-electron chi connectivity index (χ3n) is 5.10. The number of nitrogens with zero attached hydrogens (tertiary/aromatic N) is 5. The van der Waals surface area contributed by atoms with Crippen LogP contribution in [0, 0.1) is 11.6 Å². The summed E-state index contributed by atoms with van der Waals surface area (Å²) in [6.45, 7) is 0. The first-order chi connectivity index (χ1) is 16.4. The van der Waals surface area contributed by atoms with Crippen LogP contribution < -0.4 is 16.6 Å². The van der Waals surface area contributed by atoms with E-state index in [1.807, 2.05) is 0 Å². The van der Waals surface area contributed by atoms with Crippen molar-refractivity contribution in [1.29, 1.82) is 0 Å². The number of aromatic nitrogens is 5. The minimum Gasteiger partial charge on any atom is -0.302 e. The van der Waals surface area contributed by atoms with Crippen molar-refractivity contribution < 1.29 is 26.7 Å². The van der Waals surface area contributed by atoms with Crippen LogP contribution in [0.2, 0.25) is 0 Å². The van der Waals surface area contributed by atoms with Crippen LogP contribution >= 0.6 is 11.3 Å². The van der Waals surface area contributed by atoms with Gasteiger partial charge < -0.3 is 5.32 Å². The van der Waals surface area contributed by atoms with Gasteiger partial charge in [-0.1, -0.05) is 0 Å². The number of anilines is 1. The SMILES string of the molecule is Cn1c(=O)c2c(CC(=O)Nc3nc(-c4ccc(C(F)(F)F)c(F)c4F)cs3)nncc2n(C)c1=O. The molecule has 0 radical (unpaired) electrons. The van der Waals surface area contributed by atoms with Crippen molar-refractivity contribution in [2.75, 3.05) is 5.32 Å². The number of alkyl halides is 3. The number of hydrogen-bond acceptors (Lipinski definition) is 7. The minimum atomic E-state index is -5.07. The lowest BCUT2D eigenvalue weighted by Crippen LogP contribution is -2.37. The fraction of sp³-hybridized carbons (Fsp3) is 0.200. The van der Waals surface area contributed by atoms with Crippen LogP contribution in [0.15, 0.2) is 33.3 Å². The van der Waals surface area contributed by atoms with Gasteiger partial charge in [-0.2, -0.15) is 23.4 Å². The molecule has 35 heavy (non-hydrogen) atoms. The summed E-state index contributed by atoms with van der Waals surface area (Å²) in [5.74, 6) is -4.47. The van der Waals surface area contributed by atoms with Crippen LogP contribution in [0.25, 0.3) is 22.2 Å². The number of carbonyl (C=O) groups excluding carboxylic acids is 1. The van der Waals surface area contributed by atoms with Gasteiger partial charge in [0, 0.05) is 25.0 Å². The molecule has 3 heterocycles. The molecule has 0 fully saturated rings. The van der Waals surface area contributed by atoms with Gasteiger partial charge in [0.05, 0.1) is 40.5 Å². The summed E-state index contributed by atoms with van der Waals surface area (Å²) in [6, 6.07) is 1.14. The van der Waals surface area contributed by atoms with E-state index in [0.717, 1.165) is 22.0 Å². The molecule has 0 bridgehead atoms. The van der Waals surface area contributed by atoms with Gasteiger partial charge in [0.1, 0.15) is 0 Å². The Kier molecular flexibility index (Phi) is 5.96. The Labute approximate surface area is 195 Å². The van der Waals surface area contributed by atoms with Crippen LogP contribution in [0.1, 0.15) is 11.3 Å². The molecule has 4 rings (SSSR count). The van der Waals surface area contributed by atoms with Crippen LogP contribution in [0.5, 0.6) is 0 Å². The van der Waals surface area contributed by atoms with Gasteiger partial charge in [-0.15, -0.1) is 11.3 Å². The smallest absolute Gasteiger partial charge is 0.302 e. The van der Waals surface area contributed by atoms with Crippen molar-refractivity contribution in [3.8, 4) is 11.3 Å². The fourth-order valence-corrected chi connectivity index (χ4v) is 4.07. The predicted molar refractivity (Wildman–Crippen MR) is 115 cm³/mol. The Morgan fingerprint density at radius 2 is 1.83 bits per heavy atom. The Bertz CT molecular complexity index is 1610.